The molecule has 1 heterocycles. The minimum atomic E-state index is -4.53. The van der Waals surface area contributed by atoms with Gasteiger partial charge in [-0.05, 0) is 25.1 Å². The molecule has 6 nitrogen and oxygen atoms in total. The van der Waals surface area contributed by atoms with Gasteiger partial charge in [-0.3, -0.25) is 9.69 Å². The van der Waals surface area contributed by atoms with Gasteiger partial charge in [0.15, 0.2) is 5.82 Å². The van der Waals surface area contributed by atoms with Crippen LogP contribution in [0.4, 0.5) is 18.9 Å². The monoisotopic (exact) mass is 384 g/mol. The second-order valence-corrected chi connectivity index (χ2v) is 6.10. The Labute approximate surface area is 155 Å². The van der Waals surface area contributed by atoms with E-state index >= 15 is 0 Å². The van der Waals surface area contributed by atoms with Crippen molar-refractivity contribution in [2.24, 2.45) is 0 Å². The van der Waals surface area contributed by atoms with Crippen molar-refractivity contribution in [3.63, 3.8) is 0 Å². The van der Waals surface area contributed by atoms with Gasteiger partial charge in [-0.2, -0.15) is 18.2 Å². The van der Waals surface area contributed by atoms with E-state index in [4.69, 9.17) is 4.52 Å². The van der Waals surface area contributed by atoms with Crippen LogP contribution in [0.3, 0.4) is 0 Å². The SMILES string of the molecule is CCCCc1noc(CN(CC)CC(=O)Nc2ccccc2C(F)(F)F)n1. The van der Waals surface area contributed by atoms with E-state index in [0.29, 0.717) is 18.3 Å². The number of carbonyl (C=O) groups excluding carboxylic acids is 1. The van der Waals surface area contributed by atoms with E-state index in [-0.39, 0.29) is 18.8 Å². The number of halogens is 3. The van der Waals surface area contributed by atoms with Gasteiger partial charge in [0.25, 0.3) is 0 Å². The number of unbranched alkanes of at least 4 members (excludes halogenated alkanes) is 1. The maximum Gasteiger partial charge on any atom is 0.418 e. The number of benzene rings is 1. The molecule has 0 unspecified atom stereocenters. The summed E-state index contributed by atoms with van der Waals surface area (Å²) in [7, 11) is 0. The van der Waals surface area contributed by atoms with Crippen LogP contribution in [0.25, 0.3) is 0 Å². The molecule has 0 aliphatic heterocycles. The number of anilines is 1. The molecule has 1 N–H and O–H groups in total. The summed E-state index contributed by atoms with van der Waals surface area (Å²) in [5.41, 5.74) is -1.13. The molecule has 0 atom stereocenters. The van der Waals surface area contributed by atoms with Gasteiger partial charge in [0.2, 0.25) is 11.8 Å². The highest BCUT2D eigenvalue weighted by molar-refractivity contribution is 5.93. The summed E-state index contributed by atoms with van der Waals surface area (Å²) in [4.78, 5) is 18.2. The molecule has 148 valence electrons. The molecular formula is C18H23F3N4O2. The molecule has 2 aromatic rings. The number of aryl methyl sites for hydroxylation is 1. The summed E-state index contributed by atoms with van der Waals surface area (Å²) in [5, 5.41) is 6.22. The topological polar surface area (TPSA) is 71.3 Å². The second-order valence-electron chi connectivity index (χ2n) is 6.10. The molecule has 0 aliphatic rings. The van der Waals surface area contributed by atoms with Crippen LogP contribution >= 0.6 is 0 Å². The molecular weight excluding hydrogens is 361 g/mol. The maximum absolute atomic E-state index is 13.0. The molecule has 1 amide bonds. The van der Waals surface area contributed by atoms with Crippen molar-refractivity contribution in [1.82, 2.24) is 15.0 Å². The molecule has 1 aromatic carbocycles. The van der Waals surface area contributed by atoms with Crippen molar-refractivity contribution in [2.45, 2.75) is 45.8 Å². The number of rotatable bonds is 9. The van der Waals surface area contributed by atoms with Gasteiger partial charge in [-0.1, -0.05) is 37.6 Å². The van der Waals surface area contributed by atoms with Crippen molar-refractivity contribution in [3.8, 4) is 0 Å². The zero-order valence-electron chi connectivity index (χ0n) is 15.3. The molecule has 0 saturated carbocycles. The lowest BCUT2D eigenvalue weighted by Gasteiger charge is -2.19. The molecule has 0 aliphatic carbocycles. The Morgan fingerprint density at radius 3 is 2.67 bits per heavy atom. The molecule has 27 heavy (non-hydrogen) atoms. The fourth-order valence-corrected chi connectivity index (χ4v) is 2.49. The first kappa shape index (κ1) is 20.9. The Hall–Kier alpha value is -2.42. The highest BCUT2D eigenvalue weighted by atomic mass is 19.4. The first-order valence-electron chi connectivity index (χ1n) is 8.83. The molecule has 0 radical (unpaired) electrons. The molecule has 2 rings (SSSR count). The van der Waals surface area contributed by atoms with E-state index in [1.165, 1.54) is 18.2 Å². The van der Waals surface area contributed by atoms with E-state index in [1.54, 1.807) is 4.90 Å². The van der Waals surface area contributed by atoms with E-state index in [0.717, 1.165) is 25.3 Å². The average molecular weight is 384 g/mol. The molecule has 9 heteroatoms. The fourth-order valence-electron chi connectivity index (χ4n) is 2.49. The van der Waals surface area contributed by atoms with Crippen LogP contribution in [-0.2, 0) is 23.9 Å². The fraction of sp³-hybridized carbons (Fsp3) is 0.500. The van der Waals surface area contributed by atoms with E-state index in [2.05, 4.69) is 22.4 Å². The van der Waals surface area contributed by atoms with Crippen molar-refractivity contribution in [2.75, 3.05) is 18.4 Å². The van der Waals surface area contributed by atoms with Gasteiger partial charge < -0.3 is 9.84 Å². The van der Waals surface area contributed by atoms with E-state index < -0.39 is 17.6 Å². The van der Waals surface area contributed by atoms with Crippen LogP contribution in [0.1, 0.15) is 44.0 Å². The summed E-state index contributed by atoms with van der Waals surface area (Å²) in [6.45, 7) is 4.57. The highest BCUT2D eigenvalue weighted by Crippen LogP contribution is 2.34. The predicted molar refractivity (Wildman–Crippen MR) is 93.9 cm³/mol. The number of para-hydroxylation sites is 1. The smallest absolute Gasteiger partial charge is 0.338 e. The van der Waals surface area contributed by atoms with Crippen LogP contribution in [0.5, 0.6) is 0 Å². The van der Waals surface area contributed by atoms with Gasteiger partial charge in [0, 0.05) is 6.42 Å². The Bertz CT molecular complexity index is 746. The number of hydrogen-bond donors (Lipinski definition) is 1. The Morgan fingerprint density at radius 2 is 2.00 bits per heavy atom. The maximum atomic E-state index is 13.0. The lowest BCUT2D eigenvalue weighted by molar-refractivity contribution is -0.137. The summed E-state index contributed by atoms with van der Waals surface area (Å²) in [6, 6.07) is 4.89. The molecule has 1 aromatic heterocycles. The second kappa shape index (κ2) is 9.50. The van der Waals surface area contributed by atoms with Crippen LogP contribution in [0.15, 0.2) is 28.8 Å². The van der Waals surface area contributed by atoms with Crippen LogP contribution in [0, 0.1) is 0 Å². The summed E-state index contributed by atoms with van der Waals surface area (Å²) in [5.74, 6) is 0.456. The third-order valence-electron chi connectivity index (χ3n) is 3.94. The molecule has 0 spiro atoms. The van der Waals surface area contributed by atoms with Gasteiger partial charge >= 0.3 is 6.18 Å². The van der Waals surface area contributed by atoms with Gasteiger partial charge in [0.05, 0.1) is 24.3 Å². The molecule has 0 bridgehead atoms. The van der Waals surface area contributed by atoms with Gasteiger partial charge in [0.1, 0.15) is 0 Å². The first-order chi connectivity index (χ1) is 12.8. The highest BCUT2D eigenvalue weighted by Gasteiger charge is 2.33. The average Bonchev–Trinajstić information content (AvgIpc) is 3.06. The number of aromatic nitrogens is 2. The lowest BCUT2D eigenvalue weighted by Crippen LogP contribution is -2.33. The van der Waals surface area contributed by atoms with E-state index in [1.807, 2.05) is 6.92 Å². The van der Waals surface area contributed by atoms with Crippen molar-refractivity contribution in [3.05, 3.63) is 41.5 Å². The Kier molecular flexibility index (Phi) is 7.35. The third-order valence-corrected chi connectivity index (χ3v) is 3.94. The number of alkyl halides is 3. The Balaban J connectivity index is 1.96. The quantitative estimate of drug-likeness (QED) is 0.710. The number of nitrogens with zero attached hydrogens (tertiary/aromatic N) is 3. The standard InChI is InChI=1S/C18H23F3N4O2/c1-3-5-10-15-23-17(27-24-15)12-25(4-2)11-16(26)22-14-9-7-6-8-13(14)18(19,20)21/h6-9H,3-5,10-12H2,1-2H3,(H,22,26). The zero-order chi connectivity index (χ0) is 19.9. The third kappa shape index (κ3) is 6.35. The number of amides is 1. The number of nitrogens with one attached hydrogen (secondary N) is 1. The summed E-state index contributed by atoms with van der Waals surface area (Å²) < 4.78 is 44.2. The number of likely N-dealkylation sites (N-methyl/N-ethyl adjacent to an activating group) is 1. The van der Waals surface area contributed by atoms with E-state index in [9.17, 15) is 18.0 Å². The predicted octanol–water partition coefficient (Wildman–Crippen LogP) is 3.89. The molecule has 0 fully saturated rings. The minimum Gasteiger partial charge on any atom is -0.338 e. The normalized spacial score (nSPS) is 11.8. The van der Waals surface area contributed by atoms with Crippen molar-refractivity contribution < 1.29 is 22.5 Å². The van der Waals surface area contributed by atoms with Gasteiger partial charge in [-0.25, -0.2) is 0 Å². The van der Waals surface area contributed by atoms with Crippen molar-refractivity contribution in [1.29, 1.82) is 0 Å². The Morgan fingerprint density at radius 1 is 1.26 bits per heavy atom. The summed E-state index contributed by atoms with van der Waals surface area (Å²) in [6.07, 6.45) is -1.84. The lowest BCUT2D eigenvalue weighted by atomic mass is 10.1. The number of hydrogen-bond acceptors (Lipinski definition) is 5. The zero-order valence-corrected chi connectivity index (χ0v) is 15.3. The van der Waals surface area contributed by atoms with Crippen LogP contribution in [-0.4, -0.2) is 34.0 Å². The van der Waals surface area contributed by atoms with Crippen LogP contribution < -0.4 is 5.32 Å². The van der Waals surface area contributed by atoms with Crippen LogP contribution in [0.2, 0.25) is 0 Å². The summed E-state index contributed by atoms with van der Waals surface area (Å²) >= 11 is 0. The largest absolute Gasteiger partial charge is 0.418 e. The van der Waals surface area contributed by atoms with Gasteiger partial charge in [-0.15, -0.1) is 0 Å². The minimum absolute atomic E-state index is 0.0879. The number of carbonyl (C=O) groups is 1. The van der Waals surface area contributed by atoms with Crippen molar-refractivity contribution >= 4 is 11.6 Å². The first-order valence-corrected chi connectivity index (χ1v) is 8.83. The molecule has 0 saturated heterocycles.